The maximum absolute atomic E-state index is 11.9. The second kappa shape index (κ2) is 11.0. The maximum atomic E-state index is 11.9. The zero-order chi connectivity index (χ0) is 21.1. The minimum Gasteiger partial charge on any atom is -0.462 e. The molecule has 0 aliphatic carbocycles. The summed E-state index contributed by atoms with van der Waals surface area (Å²) in [6.07, 6.45) is 3.46. The molecule has 0 aliphatic heterocycles. The molecule has 0 aromatic heterocycles. The summed E-state index contributed by atoms with van der Waals surface area (Å²) in [6, 6.07) is 14.9. The normalized spacial score (nSPS) is 10.2. The average Bonchev–Trinajstić information content (AvgIpc) is 2.75. The molecular formula is C22H20N2O5. The minimum atomic E-state index is -0.668. The van der Waals surface area contributed by atoms with Gasteiger partial charge in [-0.05, 0) is 54.5 Å². The molecule has 0 fully saturated rings. The van der Waals surface area contributed by atoms with Crippen LogP contribution in [0.1, 0.15) is 34.8 Å². The molecule has 0 saturated carbocycles. The summed E-state index contributed by atoms with van der Waals surface area (Å²) in [7, 11) is 0. The molecule has 1 amide bonds. The summed E-state index contributed by atoms with van der Waals surface area (Å²) in [6.45, 7) is 1.81. The highest BCUT2D eigenvalue weighted by Crippen LogP contribution is 2.11. The Hall–Kier alpha value is -3.92. The summed E-state index contributed by atoms with van der Waals surface area (Å²) < 4.78 is 9.91. The molecule has 2 aromatic rings. The molecule has 1 N–H and O–H groups in total. The van der Waals surface area contributed by atoms with Gasteiger partial charge in [-0.3, -0.25) is 4.79 Å². The van der Waals surface area contributed by atoms with Crippen LogP contribution < -0.4 is 5.32 Å². The molecule has 7 heteroatoms. The Bertz CT molecular complexity index is 925. The van der Waals surface area contributed by atoms with Gasteiger partial charge in [-0.15, -0.1) is 0 Å². The number of carbonyl (C=O) groups excluding carboxylic acids is 3. The predicted octanol–water partition coefficient (Wildman–Crippen LogP) is 3.32. The van der Waals surface area contributed by atoms with Gasteiger partial charge in [-0.1, -0.05) is 19.1 Å². The molecule has 0 radical (unpaired) electrons. The van der Waals surface area contributed by atoms with Crippen LogP contribution in [-0.2, 0) is 19.1 Å². The van der Waals surface area contributed by atoms with Crippen LogP contribution in [0.5, 0.6) is 0 Å². The van der Waals surface area contributed by atoms with Crippen molar-refractivity contribution in [1.82, 2.24) is 0 Å². The van der Waals surface area contributed by atoms with Crippen molar-refractivity contribution in [3.8, 4) is 6.07 Å². The highest BCUT2D eigenvalue weighted by Gasteiger charge is 2.09. The van der Waals surface area contributed by atoms with Crippen LogP contribution in [0.4, 0.5) is 5.69 Å². The van der Waals surface area contributed by atoms with Crippen LogP contribution in [0, 0.1) is 11.3 Å². The maximum Gasteiger partial charge on any atom is 0.338 e. The standard InChI is InChI=1S/C22H20N2O5/c1-2-13-28-22(27)18-8-10-19(11-9-18)24-20(25)15-29-21(26)12-7-16-3-5-17(14-23)6-4-16/h3-12H,2,13,15H2,1H3,(H,24,25)/b12-7+. The Labute approximate surface area is 168 Å². The number of hydrogen-bond donors (Lipinski definition) is 1. The highest BCUT2D eigenvalue weighted by atomic mass is 16.5. The molecule has 7 nitrogen and oxygen atoms in total. The lowest BCUT2D eigenvalue weighted by Gasteiger charge is -2.07. The minimum absolute atomic E-state index is 0.350. The van der Waals surface area contributed by atoms with Crippen molar-refractivity contribution in [3.05, 3.63) is 71.3 Å². The van der Waals surface area contributed by atoms with E-state index < -0.39 is 24.5 Å². The Morgan fingerprint density at radius 3 is 2.34 bits per heavy atom. The number of amides is 1. The summed E-state index contributed by atoms with van der Waals surface area (Å²) in [5, 5.41) is 11.3. The molecule has 0 aliphatic rings. The van der Waals surface area contributed by atoms with E-state index in [1.807, 2.05) is 13.0 Å². The van der Waals surface area contributed by atoms with Crippen molar-refractivity contribution in [3.63, 3.8) is 0 Å². The van der Waals surface area contributed by atoms with Crippen LogP contribution in [0.25, 0.3) is 6.08 Å². The molecular weight excluding hydrogens is 372 g/mol. The van der Waals surface area contributed by atoms with Gasteiger partial charge in [-0.2, -0.15) is 5.26 Å². The molecule has 0 saturated heterocycles. The molecule has 0 unspecified atom stereocenters. The molecule has 0 bridgehead atoms. The van der Waals surface area contributed by atoms with Crippen LogP contribution in [0.3, 0.4) is 0 Å². The Kier molecular flexibility index (Phi) is 8.14. The molecule has 148 valence electrons. The van der Waals surface area contributed by atoms with Crippen LogP contribution >= 0.6 is 0 Å². The number of anilines is 1. The number of ether oxygens (including phenoxy) is 2. The third kappa shape index (κ3) is 7.31. The van der Waals surface area contributed by atoms with Gasteiger partial charge in [-0.25, -0.2) is 9.59 Å². The summed E-state index contributed by atoms with van der Waals surface area (Å²) in [5.74, 6) is -1.60. The third-order valence-electron chi connectivity index (χ3n) is 3.64. The molecule has 0 spiro atoms. The van der Waals surface area contributed by atoms with Gasteiger partial charge in [0, 0.05) is 11.8 Å². The Balaban J connectivity index is 1.78. The third-order valence-corrected chi connectivity index (χ3v) is 3.64. The zero-order valence-electron chi connectivity index (χ0n) is 15.9. The first kappa shape index (κ1) is 21.4. The number of benzene rings is 2. The molecule has 0 heterocycles. The van der Waals surface area contributed by atoms with Crippen LogP contribution in [0.15, 0.2) is 54.6 Å². The van der Waals surface area contributed by atoms with E-state index in [-0.39, 0.29) is 0 Å². The smallest absolute Gasteiger partial charge is 0.338 e. The summed E-state index contributed by atoms with van der Waals surface area (Å²) >= 11 is 0. The zero-order valence-corrected chi connectivity index (χ0v) is 15.9. The first-order chi connectivity index (χ1) is 14.0. The Morgan fingerprint density at radius 1 is 1.03 bits per heavy atom. The van der Waals surface area contributed by atoms with Gasteiger partial charge >= 0.3 is 11.9 Å². The van der Waals surface area contributed by atoms with E-state index in [0.29, 0.717) is 23.4 Å². The van der Waals surface area contributed by atoms with Gasteiger partial charge in [0.05, 0.1) is 23.8 Å². The van der Waals surface area contributed by atoms with E-state index in [1.165, 1.54) is 12.2 Å². The highest BCUT2D eigenvalue weighted by molar-refractivity contribution is 5.95. The van der Waals surface area contributed by atoms with Crippen molar-refractivity contribution in [2.75, 3.05) is 18.5 Å². The second-order valence-corrected chi connectivity index (χ2v) is 5.94. The fourth-order valence-electron chi connectivity index (χ4n) is 2.18. The van der Waals surface area contributed by atoms with E-state index >= 15 is 0 Å². The lowest BCUT2D eigenvalue weighted by atomic mass is 10.1. The van der Waals surface area contributed by atoms with E-state index in [2.05, 4.69) is 5.32 Å². The number of carbonyl (C=O) groups is 3. The number of rotatable bonds is 8. The molecule has 2 aromatic carbocycles. The number of nitrogens with zero attached hydrogens (tertiary/aromatic N) is 1. The fraction of sp³-hybridized carbons (Fsp3) is 0.182. The summed E-state index contributed by atoms with van der Waals surface area (Å²) in [5.41, 5.74) is 2.09. The predicted molar refractivity (Wildman–Crippen MR) is 107 cm³/mol. The molecule has 29 heavy (non-hydrogen) atoms. The lowest BCUT2D eigenvalue weighted by Crippen LogP contribution is -2.20. The van der Waals surface area contributed by atoms with E-state index in [0.717, 1.165) is 12.0 Å². The summed E-state index contributed by atoms with van der Waals surface area (Å²) in [4.78, 5) is 35.3. The van der Waals surface area contributed by atoms with Crippen LogP contribution in [0.2, 0.25) is 0 Å². The van der Waals surface area contributed by atoms with Gasteiger partial charge in [0.1, 0.15) is 0 Å². The van der Waals surface area contributed by atoms with Crippen molar-refractivity contribution in [2.24, 2.45) is 0 Å². The van der Waals surface area contributed by atoms with Crippen molar-refractivity contribution >= 4 is 29.6 Å². The first-order valence-electron chi connectivity index (χ1n) is 8.94. The van der Waals surface area contributed by atoms with Crippen molar-refractivity contribution in [2.45, 2.75) is 13.3 Å². The van der Waals surface area contributed by atoms with Gasteiger partial charge in [0.2, 0.25) is 0 Å². The average molecular weight is 392 g/mol. The van der Waals surface area contributed by atoms with E-state index in [1.54, 1.807) is 48.5 Å². The van der Waals surface area contributed by atoms with Crippen molar-refractivity contribution in [1.29, 1.82) is 5.26 Å². The SMILES string of the molecule is CCCOC(=O)c1ccc(NC(=O)COC(=O)/C=C/c2ccc(C#N)cc2)cc1. The largest absolute Gasteiger partial charge is 0.462 e. The fourth-order valence-corrected chi connectivity index (χ4v) is 2.18. The Morgan fingerprint density at radius 2 is 1.72 bits per heavy atom. The number of esters is 2. The van der Waals surface area contributed by atoms with Crippen LogP contribution in [-0.4, -0.2) is 31.1 Å². The first-order valence-corrected chi connectivity index (χ1v) is 8.94. The number of nitrogens with one attached hydrogen (secondary N) is 1. The quantitative estimate of drug-likeness (QED) is 0.546. The van der Waals surface area contributed by atoms with Gasteiger partial charge in [0.15, 0.2) is 6.61 Å². The van der Waals surface area contributed by atoms with Crippen molar-refractivity contribution < 1.29 is 23.9 Å². The number of nitriles is 1. The van der Waals surface area contributed by atoms with Gasteiger partial charge in [0.25, 0.3) is 5.91 Å². The number of hydrogen-bond acceptors (Lipinski definition) is 6. The monoisotopic (exact) mass is 392 g/mol. The van der Waals surface area contributed by atoms with Gasteiger partial charge < -0.3 is 14.8 Å². The van der Waals surface area contributed by atoms with E-state index in [4.69, 9.17) is 14.7 Å². The van der Waals surface area contributed by atoms with E-state index in [9.17, 15) is 14.4 Å². The lowest BCUT2D eigenvalue weighted by molar-refractivity contribution is -0.142. The topological polar surface area (TPSA) is 105 Å². The molecule has 2 rings (SSSR count). The second-order valence-electron chi connectivity index (χ2n) is 5.94. The molecule has 0 atom stereocenters.